The first-order valence-corrected chi connectivity index (χ1v) is 9.58. The summed E-state index contributed by atoms with van der Waals surface area (Å²) >= 11 is 0. The topological polar surface area (TPSA) is 75.5 Å². The van der Waals surface area contributed by atoms with Crippen LogP contribution in [0.15, 0.2) is 29.3 Å². The van der Waals surface area contributed by atoms with Gasteiger partial charge in [0.1, 0.15) is 0 Å². The van der Waals surface area contributed by atoms with Crippen molar-refractivity contribution in [1.82, 2.24) is 13.9 Å². The van der Waals surface area contributed by atoms with Crippen molar-refractivity contribution in [2.45, 2.75) is 13.0 Å². The zero-order chi connectivity index (χ0) is 18.2. The molecule has 1 aromatic heterocycles. The number of benzene rings is 1. The van der Waals surface area contributed by atoms with E-state index in [0.29, 0.717) is 31.7 Å². The third-order valence-corrected chi connectivity index (χ3v) is 5.52. The average Bonchev–Trinajstić information content (AvgIpc) is 2.56. The first-order chi connectivity index (χ1) is 11.8. The minimum atomic E-state index is -3.20. The first-order valence-electron chi connectivity index (χ1n) is 7.73. The van der Waals surface area contributed by atoms with Gasteiger partial charge in [0.05, 0.1) is 30.0 Å². The molecule has 3 rings (SSSR count). The molecule has 136 valence electrons. The third kappa shape index (κ3) is 3.79. The molecule has 0 amide bonds. The number of hydrogen-bond acceptors (Lipinski definition) is 5. The molecule has 1 aliphatic heterocycles. The van der Waals surface area contributed by atoms with Crippen LogP contribution in [0.5, 0.6) is 0 Å². The van der Waals surface area contributed by atoms with Crippen LogP contribution in [0.2, 0.25) is 0 Å². The molecule has 0 radical (unpaired) electrons. The van der Waals surface area contributed by atoms with Gasteiger partial charge in [0, 0.05) is 31.9 Å². The number of piperazine rings is 1. The van der Waals surface area contributed by atoms with Crippen LogP contribution in [0.4, 0.5) is 14.5 Å². The summed E-state index contributed by atoms with van der Waals surface area (Å²) in [5, 5.41) is 0.279. The van der Waals surface area contributed by atoms with Gasteiger partial charge in [0.2, 0.25) is 10.0 Å². The van der Waals surface area contributed by atoms with Crippen molar-refractivity contribution >= 4 is 26.6 Å². The summed E-state index contributed by atoms with van der Waals surface area (Å²) in [6.45, 7) is 1.15. The van der Waals surface area contributed by atoms with Gasteiger partial charge in [-0.25, -0.2) is 22.2 Å². The minimum absolute atomic E-state index is 0.279. The summed E-state index contributed by atoms with van der Waals surface area (Å²) in [5.41, 5.74) is 0.747. The van der Waals surface area contributed by atoms with Crippen LogP contribution in [0, 0.1) is 0 Å². The Morgan fingerprint density at radius 2 is 1.88 bits per heavy atom. The molecule has 7 nitrogen and oxygen atoms in total. The van der Waals surface area contributed by atoms with Crippen LogP contribution in [-0.2, 0) is 16.6 Å². The molecule has 25 heavy (non-hydrogen) atoms. The fourth-order valence-electron chi connectivity index (χ4n) is 2.90. The molecule has 0 aliphatic carbocycles. The molecule has 0 bridgehead atoms. The number of halogens is 2. The molecule has 0 N–H and O–H groups in total. The maximum atomic E-state index is 12.5. The molecular formula is C15H18F2N4O3S. The number of rotatable bonds is 4. The number of fused-ring (bicyclic) bond motifs is 1. The lowest BCUT2D eigenvalue weighted by Crippen LogP contribution is -2.48. The lowest BCUT2D eigenvalue weighted by molar-refractivity contribution is 0.125. The lowest BCUT2D eigenvalue weighted by Gasteiger charge is -2.34. The molecule has 0 saturated carbocycles. The Kier molecular flexibility index (Phi) is 4.74. The Labute approximate surface area is 143 Å². The zero-order valence-electron chi connectivity index (χ0n) is 13.6. The summed E-state index contributed by atoms with van der Waals surface area (Å²) in [4.78, 5) is 18.3. The predicted octanol–water partition coefficient (Wildman–Crippen LogP) is 0.743. The Balaban J connectivity index is 1.84. The molecule has 2 aromatic rings. The van der Waals surface area contributed by atoms with Crippen LogP contribution < -0.4 is 10.5 Å². The first kappa shape index (κ1) is 17.7. The molecule has 1 fully saturated rings. The van der Waals surface area contributed by atoms with Gasteiger partial charge >= 0.3 is 0 Å². The van der Waals surface area contributed by atoms with E-state index in [1.54, 1.807) is 18.2 Å². The minimum Gasteiger partial charge on any atom is -0.369 e. The number of hydrogen-bond donors (Lipinski definition) is 0. The molecule has 0 atom stereocenters. The van der Waals surface area contributed by atoms with E-state index < -0.39 is 28.6 Å². The number of sulfonamides is 1. The van der Waals surface area contributed by atoms with Crippen LogP contribution in [0.1, 0.15) is 0 Å². The Morgan fingerprint density at radius 3 is 2.48 bits per heavy atom. The molecular weight excluding hydrogens is 354 g/mol. The summed E-state index contributed by atoms with van der Waals surface area (Å²) in [6.07, 6.45) is -0.308. The molecule has 1 aliphatic rings. The highest BCUT2D eigenvalue weighted by atomic mass is 32.2. The molecule has 1 aromatic carbocycles. The van der Waals surface area contributed by atoms with Gasteiger partial charge in [0.15, 0.2) is 0 Å². The monoisotopic (exact) mass is 372 g/mol. The number of alkyl halides is 2. The quantitative estimate of drug-likeness (QED) is 0.792. The summed E-state index contributed by atoms with van der Waals surface area (Å²) in [7, 11) is -3.20. The maximum absolute atomic E-state index is 12.5. The standard InChI is InChI=1S/C15H18F2N4O3S/c1-25(23,24)21-6-4-19(5-7-21)11-2-3-12-13(8-11)18-10-20(15(12)22)9-14(16)17/h2-3,8,10,14H,4-7,9H2,1H3. The van der Waals surface area contributed by atoms with Crippen molar-refractivity contribution < 1.29 is 17.2 Å². The van der Waals surface area contributed by atoms with Crippen molar-refractivity contribution in [3.63, 3.8) is 0 Å². The molecule has 10 heteroatoms. The summed E-state index contributed by atoms with van der Waals surface area (Å²) < 4.78 is 50.4. The highest BCUT2D eigenvalue weighted by Gasteiger charge is 2.23. The van der Waals surface area contributed by atoms with E-state index >= 15 is 0 Å². The second-order valence-electron chi connectivity index (χ2n) is 5.94. The average molecular weight is 372 g/mol. The number of nitrogens with zero attached hydrogens (tertiary/aromatic N) is 4. The van der Waals surface area contributed by atoms with Gasteiger partial charge in [-0.15, -0.1) is 0 Å². The zero-order valence-corrected chi connectivity index (χ0v) is 14.4. The van der Waals surface area contributed by atoms with Gasteiger partial charge in [-0.3, -0.25) is 9.36 Å². The predicted molar refractivity (Wildman–Crippen MR) is 90.6 cm³/mol. The van der Waals surface area contributed by atoms with Crippen molar-refractivity contribution in [1.29, 1.82) is 0 Å². The van der Waals surface area contributed by atoms with Crippen molar-refractivity contribution in [3.05, 3.63) is 34.9 Å². The van der Waals surface area contributed by atoms with Gasteiger partial charge in [-0.05, 0) is 18.2 Å². The van der Waals surface area contributed by atoms with Crippen LogP contribution in [0.25, 0.3) is 10.9 Å². The molecule has 1 saturated heterocycles. The Morgan fingerprint density at radius 1 is 1.20 bits per heavy atom. The van der Waals surface area contributed by atoms with E-state index in [0.717, 1.165) is 16.6 Å². The summed E-state index contributed by atoms with van der Waals surface area (Å²) in [6, 6.07) is 5.03. The molecule has 0 unspecified atom stereocenters. The smallest absolute Gasteiger partial charge is 0.261 e. The second kappa shape index (κ2) is 6.68. The van der Waals surface area contributed by atoms with E-state index in [-0.39, 0.29) is 5.39 Å². The Bertz CT molecular complexity index is 937. The van der Waals surface area contributed by atoms with Gasteiger partial charge in [-0.2, -0.15) is 4.31 Å². The van der Waals surface area contributed by atoms with E-state index in [1.807, 2.05) is 4.90 Å². The highest BCUT2D eigenvalue weighted by molar-refractivity contribution is 7.88. The third-order valence-electron chi connectivity index (χ3n) is 4.22. The van der Waals surface area contributed by atoms with E-state index in [1.165, 1.54) is 10.6 Å². The van der Waals surface area contributed by atoms with Crippen LogP contribution in [0.3, 0.4) is 0 Å². The molecule has 2 heterocycles. The largest absolute Gasteiger partial charge is 0.369 e. The van der Waals surface area contributed by atoms with E-state index in [9.17, 15) is 22.0 Å². The van der Waals surface area contributed by atoms with Gasteiger partial charge < -0.3 is 4.90 Å². The maximum Gasteiger partial charge on any atom is 0.261 e. The number of anilines is 1. The SMILES string of the molecule is CS(=O)(=O)N1CCN(c2ccc3c(=O)n(CC(F)F)cnc3c2)CC1. The summed E-state index contributed by atoms with van der Waals surface area (Å²) in [5.74, 6) is 0. The van der Waals surface area contributed by atoms with Crippen molar-refractivity contribution in [3.8, 4) is 0 Å². The lowest BCUT2D eigenvalue weighted by atomic mass is 10.2. The van der Waals surface area contributed by atoms with Gasteiger partial charge in [-0.1, -0.05) is 0 Å². The fourth-order valence-corrected chi connectivity index (χ4v) is 3.73. The van der Waals surface area contributed by atoms with Crippen molar-refractivity contribution in [2.24, 2.45) is 0 Å². The van der Waals surface area contributed by atoms with Crippen LogP contribution >= 0.6 is 0 Å². The van der Waals surface area contributed by atoms with Gasteiger partial charge in [0.25, 0.3) is 12.0 Å². The second-order valence-corrected chi connectivity index (χ2v) is 7.93. The highest BCUT2D eigenvalue weighted by Crippen LogP contribution is 2.21. The Hall–Kier alpha value is -2.07. The number of aromatic nitrogens is 2. The van der Waals surface area contributed by atoms with Crippen molar-refractivity contribution in [2.75, 3.05) is 37.3 Å². The van der Waals surface area contributed by atoms with Crippen LogP contribution in [-0.4, -0.2) is 61.1 Å². The normalized spacial score (nSPS) is 16.7. The van der Waals surface area contributed by atoms with E-state index in [2.05, 4.69) is 4.98 Å². The fraction of sp³-hybridized carbons (Fsp3) is 0.467. The molecule has 0 spiro atoms. The van der Waals surface area contributed by atoms with E-state index in [4.69, 9.17) is 0 Å².